The first-order valence-electron chi connectivity index (χ1n) is 8.17. The van der Waals surface area contributed by atoms with Gasteiger partial charge in [0.15, 0.2) is 0 Å². The van der Waals surface area contributed by atoms with Crippen molar-refractivity contribution in [3.05, 3.63) is 0 Å². The SMILES string of the molecule is CCCC(CNC1CC1)N(C)C1CCCCC1C. The fourth-order valence-corrected chi connectivity index (χ4v) is 3.55. The van der Waals surface area contributed by atoms with Gasteiger partial charge >= 0.3 is 0 Å². The lowest BCUT2D eigenvalue weighted by atomic mass is 9.84. The fourth-order valence-electron chi connectivity index (χ4n) is 3.55. The van der Waals surface area contributed by atoms with Gasteiger partial charge in [0.1, 0.15) is 0 Å². The molecule has 3 atom stereocenters. The molecule has 2 heteroatoms. The van der Waals surface area contributed by atoms with Crippen LogP contribution in [0.4, 0.5) is 0 Å². The highest BCUT2D eigenvalue weighted by atomic mass is 15.2. The maximum Gasteiger partial charge on any atom is 0.0220 e. The van der Waals surface area contributed by atoms with Crippen molar-refractivity contribution >= 4 is 0 Å². The van der Waals surface area contributed by atoms with E-state index in [-0.39, 0.29) is 0 Å². The molecule has 0 saturated heterocycles. The highest BCUT2D eigenvalue weighted by Gasteiger charge is 2.30. The summed E-state index contributed by atoms with van der Waals surface area (Å²) in [6.45, 7) is 5.98. The Labute approximate surface area is 114 Å². The predicted octanol–water partition coefficient (Wildman–Crippen LogP) is 3.42. The third-order valence-electron chi connectivity index (χ3n) is 5.01. The average Bonchev–Trinajstić information content (AvgIpc) is 3.18. The molecule has 0 aromatic rings. The number of likely N-dealkylation sites (N-methyl/N-ethyl adjacent to an activating group) is 1. The largest absolute Gasteiger partial charge is 0.312 e. The molecule has 0 aliphatic heterocycles. The topological polar surface area (TPSA) is 15.3 Å². The van der Waals surface area contributed by atoms with Crippen LogP contribution in [0.2, 0.25) is 0 Å². The minimum atomic E-state index is 0.751. The lowest BCUT2D eigenvalue weighted by Gasteiger charge is -2.41. The molecule has 106 valence electrons. The molecule has 0 bridgehead atoms. The van der Waals surface area contributed by atoms with Crippen molar-refractivity contribution in [3.63, 3.8) is 0 Å². The smallest absolute Gasteiger partial charge is 0.0220 e. The highest BCUT2D eigenvalue weighted by Crippen LogP contribution is 2.29. The van der Waals surface area contributed by atoms with Crippen LogP contribution in [0.1, 0.15) is 65.2 Å². The number of nitrogens with zero attached hydrogens (tertiary/aromatic N) is 1. The van der Waals surface area contributed by atoms with Crippen LogP contribution in [0, 0.1) is 5.92 Å². The van der Waals surface area contributed by atoms with Crippen molar-refractivity contribution in [3.8, 4) is 0 Å². The summed E-state index contributed by atoms with van der Waals surface area (Å²) < 4.78 is 0. The number of hydrogen-bond acceptors (Lipinski definition) is 2. The molecule has 3 unspecified atom stereocenters. The van der Waals surface area contributed by atoms with E-state index in [2.05, 4.69) is 31.1 Å². The summed E-state index contributed by atoms with van der Waals surface area (Å²) in [5, 5.41) is 3.73. The summed E-state index contributed by atoms with van der Waals surface area (Å²) in [4.78, 5) is 2.71. The molecule has 0 spiro atoms. The van der Waals surface area contributed by atoms with Crippen LogP contribution in [0.25, 0.3) is 0 Å². The molecule has 18 heavy (non-hydrogen) atoms. The highest BCUT2D eigenvalue weighted by molar-refractivity contribution is 4.87. The standard InChI is InChI=1S/C16H32N2/c1-4-7-15(12-17-14-10-11-14)18(3)16-9-6-5-8-13(16)2/h13-17H,4-12H2,1-3H3. The molecule has 2 saturated carbocycles. The van der Waals surface area contributed by atoms with E-state index in [0.717, 1.165) is 24.0 Å². The van der Waals surface area contributed by atoms with Crippen LogP contribution >= 0.6 is 0 Å². The van der Waals surface area contributed by atoms with E-state index in [1.807, 2.05) is 0 Å². The summed E-state index contributed by atoms with van der Waals surface area (Å²) in [7, 11) is 2.38. The van der Waals surface area contributed by atoms with E-state index in [4.69, 9.17) is 0 Å². The van der Waals surface area contributed by atoms with Gasteiger partial charge < -0.3 is 5.32 Å². The van der Waals surface area contributed by atoms with Crippen LogP contribution < -0.4 is 5.32 Å². The summed E-state index contributed by atoms with van der Waals surface area (Å²) in [5.41, 5.74) is 0. The number of hydrogen-bond donors (Lipinski definition) is 1. The Balaban J connectivity index is 1.85. The zero-order valence-corrected chi connectivity index (χ0v) is 12.6. The molecule has 2 fully saturated rings. The molecule has 0 heterocycles. The summed E-state index contributed by atoms with van der Waals surface area (Å²) in [6.07, 6.45) is 11.2. The zero-order valence-electron chi connectivity index (χ0n) is 12.6. The first-order chi connectivity index (χ1) is 8.72. The van der Waals surface area contributed by atoms with Gasteiger partial charge in [-0.15, -0.1) is 0 Å². The Morgan fingerprint density at radius 3 is 2.50 bits per heavy atom. The van der Waals surface area contributed by atoms with Crippen LogP contribution in [0.5, 0.6) is 0 Å². The second-order valence-electron chi connectivity index (χ2n) is 6.62. The molecule has 2 rings (SSSR count). The Kier molecular flexibility index (Phi) is 5.50. The van der Waals surface area contributed by atoms with Crippen molar-refractivity contribution in [2.75, 3.05) is 13.6 Å². The summed E-state index contributed by atoms with van der Waals surface area (Å²) in [5.74, 6) is 0.893. The van der Waals surface area contributed by atoms with Gasteiger partial charge in [0.25, 0.3) is 0 Å². The van der Waals surface area contributed by atoms with E-state index in [0.29, 0.717) is 0 Å². The fraction of sp³-hybridized carbons (Fsp3) is 1.00. The lowest BCUT2D eigenvalue weighted by molar-refractivity contribution is 0.0905. The van der Waals surface area contributed by atoms with E-state index in [1.165, 1.54) is 57.9 Å². The Morgan fingerprint density at radius 2 is 1.89 bits per heavy atom. The van der Waals surface area contributed by atoms with Gasteiger partial charge in [-0.1, -0.05) is 33.1 Å². The average molecular weight is 252 g/mol. The third kappa shape index (κ3) is 3.96. The second kappa shape index (κ2) is 6.91. The quantitative estimate of drug-likeness (QED) is 0.747. The van der Waals surface area contributed by atoms with Crippen LogP contribution in [-0.2, 0) is 0 Å². The minimum Gasteiger partial charge on any atom is -0.312 e. The normalized spacial score (nSPS) is 30.7. The maximum atomic E-state index is 3.73. The van der Waals surface area contributed by atoms with Crippen LogP contribution in [0.15, 0.2) is 0 Å². The molecule has 2 nitrogen and oxygen atoms in total. The van der Waals surface area contributed by atoms with Crippen molar-refractivity contribution in [2.45, 2.75) is 83.3 Å². The Bertz CT molecular complexity index is 237. The lowest BCUT2D eigenvalue weighted by Crippen LogP contribution is -2.49. The van der Waals surface area contributed by atoms with E-state index < -0.39 is 0 Å². The second-order valence-corrected chi connectivity index (χ2v) is 6.62. The first kappa shape index (κ1) is 14.3. The predicted molar refractivity (Wildman–Crippen MR) is 78.9 cm³/mol. The first-order valence-corrected chi connectivity index (χ1v) is 8.17. The van der Waals surface area contributed by atoms with Crippen molar-refractivity contribution in [2.24, 2.45) is 5.92 Å². The maximum absolute atomic E-state index is 3.73. The molecule has 0 aromatic carbocycles. The molecule has 0 radical (unpaired) electrons. The summed E-state index contributed by atoms with van der Waals surface area (Å²) in [6, 6.07) is 2.43. The van der Waals surface area contributed by atoms with E-state index >= 15 is 0 Å². The molecule has 1 N–H and O–H groups in total. The Morgan fingerprint density at radius 1 is 1.17 bits per heavy atom. The summed E-state index contributed by atoms with van der Waals surface area (Å²) >= 11 is 0. The monoisotopic (exact) mass is 252 g/mol. The van der Waals surface area contributed by atoms with E-state index in [9.17, 15) is 0 Å². The van der Waals surface area contributed by atoms with Gasteiger partial charge in [-0.3, -0.25) is 4.90 Å². The molecular weight excluding hydrogens is 220 g/mol. The molecule has 2 aliphatic carbocycles. The van der Waals surface area contributed by atoms with Crippen LogP contribution in [-0.4, -0.2) is 36.6 Å². The van der Waals surface area contributed by atoms with Crippen molar-refractivity contribution < 1.29 is 0 Å². The van der Waals surface area contributed by atoms with Gasteiger partial charge in [0, 0.05) is 24.7 Å². The van der Waals surface area contributed by atoms with Crippen LogP contribution in [0.3, 0.4) is 0 Å². The zero-order chi connectivity index (χ0) is 13.0. The van der Waals surface area contributed by atoms with E-state index in [1.54, 1.807) is 0 Å². The number of rotatable bonds is 7. The third-order valence-corrected chi connectivity index (χ3v) is 5.01. The van der Waals surface area contributed by atoms with Gasteiger partial charge in [0.2, 0.25) is 0 Å². The molecular formula is C16H32N2. The number of nitrogens with one attached hydrogen (secondary N) is 1. The van der Waals surface area contributed by atoms with Gasteiger partial charge in [-0.05, 0) is 45.1 Å². The molecule has 0 aromatic heterocycles. The molecule has 0 amide bonds. The van der Waals surface area contributed by atoms with Gasteiger partial charge in [0.05, 0.1) is 0 Å². The van der Waals surface area contributed by atoms with Gasteiger partial charge in [-0.2, -0.15) is 0 Å². The van der Waals surface area contributed by atoms with Crippen molar-refractivity contribution in [1.82, 2.24) is 10.2 Å². The van der Waals surface area contributed by atoms with Gasteiger partial charge in [-0.25, -0.2) is 0 Å². The molecule has 2 aliphatic rings. The Hall–Kier alpha value is -0.0800. The van der Waals surface area contributed by atoms with Crippen molar-refractivity contribution in [1.29, 1.82) is 0 Å². The minimum absolute atomic E-state index is 0.751.